The van der Waals surface area contributed by atoms with E-state index in [4.69, 9.17) is 4.74 Å². The van der Waals surface area contributed by atoms with E-state index in [9.17, 15) is 9.59 Å². The largest absolute Gasteiger partial charge is 0.469 e. The number of rotatable bonds is 5. The van der Waals surface area contributed by atoms with Gasteiger partial charge in [-0.3, -0.25) is 9.59 Å². The summed E-state index contributed by atoms with van der Waals surface area (Å²) in [5.41, 5.74) is 0. The van der Waals surface area contributed by atoms with Crippen molar-refractivity contribution in [2.45, 2.75) is 19.4 Å². The van der Waals surface area contributed by atoms with Gasteiger partial charge >= 0.3 is 5.97 Å². The van der Waals surface area contributed by atoms with E-state index in [0.717, 1.165) is 6.54 Å². The molecule has 7 heteroatoms. The first kappa shape index (κ1) is 17.2. The van der Waals surface area contributed by atoms with Gasteiger partial charge in [-0.1, -0.05) is 6.92 Å². The molecular weight excluding hydrogens is 260 g/mol. The molecule has 1 heterocycles. The summed E-state index contributed by atoms with van der Waals surface area (Å²) >= 11 is 0. The zero-order valence-corrected chi connectivity index (χ0v) is 11.5. The third-order valence-electron chi connectivity index (χ3n) is 2.64. The van der Waals surface area contributed by atoms with Gasteiger partial charge in [0.2, 0.25) is 5.91 Å². The minimum absolute atomic E-state index is 0. The van der Waals surface area contributed by atoms with Crippen LogP contribution in [0.3, 0.4) is 0 Å². The maximum absolute atomic E-state index is 11.6. The van der Waals surface area contributed by atoms with Crippen molar-refractivity contribution in [1.29, 1.82) is 0 Å². The van der Waals surface area contributed by atoms with Crippen molar-refractivity contribution >= 4 is 24.3 Å². The van der Waals surface area contributed by atoms with Crippen LogP contribution in [0.15, 0.2) is 0 Å². The Morgan fingerprint density at radius 1 is 1.56 bits per heavy atom. The highest BCUT2D eigenvalue weighted by Crippen LogP contribution is 1.99. The number of morpholine rings is 1. The number of hydrogen-bond acceptors (Lipinski definition) is 5. The van der Waals surface area contributed by atoms with Crippen LogP contribution in [0.25, 0.3) is 0 Å². The van der Waals surface area contributed by atoms with E-state index in [0.29, 0.717) is 26.2 Å². The SMILES string of the molecule is COC(=O)C(C)CNC(=O)CC1COCCN1.Cl. The molecule has 0 saturated carbocycles. The summed E-state index contributed by atoms with van der Waals surface area (Å²) in [6.45, 7) is 4.04. The van der Waals surface area contributed by atoms with Gasteiger partial charge in [0.25, 0.3) is 0 Å². The number of carbonyl (C=O) groups is 2. The Kier molecular flexibility index (Phi) is 8.70. The maximum atomic E-state index is 11.6. The van der Waals surface area contributed by atoms with Gasteiger partial charge in [-0.05, 0) is 0 Å². The van der Waals surface area contributed by atoms with Gasteiger partial charge in [-0.25, -0.2) is 0 Å². The van der Waals surface area contributed by atoms with Crippen molar-refractivity contribution < 1.29 is 19.1 Å². The summed E-state index contributed by atoms with van der Waals surface area (Å²) in [5.74, 6) is -0.715. The van der Waals surface area contributed by atoms with E-state index >= 15 is 0 Å². The first-order valence-corrected chi connectivity index (χ1v) is 5.79. The molecule has 1 saturated heterocycles. The quantitative estimate of drug-likeness (QED) is 0.677. The molecule has 106 valence electrons. The van der Waals surface area contributed by atoms with Crippen molar-refractivity contribution in [3.05, 3.63) is 0 Å². The van der Waals surface area contributed by atoms with Crippen LogP contribution < -0.4 is 10.6 Å². The molecule has 0 aromatic heterocycles. The number of halogens is 1. The van der Waals surface area contributed by atoms with Crippen LogP contribution >= 0.6 is 12.4 Å². The zero-order chi connectivity index (χ0) is 12.7. The second kappa shape index (κ2) is 9.13. The lowest BCUT2D eigenvalue weighted by atomic mass is 10.1. The Balaban J connectivity index is 0.00000289. The molecule has 18 heavy (non-hydrogen) atoms. The Morgan fingerprint density at radius 2 is 2.28 bits per heavy atom. The van der Waals surface area contributed by atoms with Gasteiger partial charge < -0.3 is 20.1 Å². The zero-order valence-electron chi connectivity index (χ0n) is 10.7. The van der Waals surface area contributed by atoms with Gasteiger partial charge in [0.05, 0.1) is 26.2 Å². The van der Waals surface area contributed by atoms with Gasteiger partial charge in [0.15, 0.2) is 0 Å². The van der Waals surface area contributed by atoms with Crippen LogP contribution in [0.4, 0.5) is 0 Å². The van der Waals surface area contributed by atoms with Crippen LogP contribution in [-0.2, 0) is 19.1 Å². The molecular formula is C11H21ClN2O4. The summed E-state index contributed by atoms with van der Waals surface area (Å²) < 4.78 is 9.82. The average molecular weight is 281 g/mol. The van der Waals surface area contributed by atoms with Crippen LogP contribution in [0.5, 0.6) is 0 Å². The first-order chi connectivity index (χ1) is 8.13. The molecule has 1 fully saturated rings. The van der Waals surface area contributed by atoms with Crippen molar-refractivity contribution in [2.75, 3.05) is 33.4 Å². The number of hydrogen-bond donors (Lipinski definition) is 2. The molecule has 1 rings (SSSR count). The predicted octanol–water partition coefficient (Wildman–Crippen LogP) is -0.288. The van der Waals surface area contributed by atoms with E-state index in [1.54, 1.807) is 6.92 Å². The fourth-order valence-corrected chi connectivity index (χ4v) is 1.60. The van der Waals surface area contributed by atoms with Crippen LogP contribution in [-0.4, -0.2) is 51.3 Å². The Bertz CT molecular complexity index is 270. The minimum Gasteiger partial charge on any atom is -0.469 e. The Hall–Kier alpha value is -0.850. The van der Waals surface area contributed by atoms with Crippen molar-refractivity contribution in [2.24, 2.45) is 5.92 Å². The van der Waals surface area contributed by atoms with Gasteiger partial charge in [-0.15, -0.1) is 12.4 Å². The second-order valence-electron chi connectivity index (χ2n) is 4.16. The van der Waals surface area contributed by atoms with E-state index in [1.807, 2.05) is 0 Å². The maximum Gasteiger partial charge on any atom is 0.310 e. The lowest BCUT2D eigenvalue weighted by molar-refractivity contribution is -0.144. The summed E-state index contributed by atoms with van der Waals surface area (Å²) in [6.07, 6.45) is 0.369. The number of nitrogens with one attached hydrogen (secondary N) is 2. The summed E-state index contributed by atoms with van der Waals surface area (Å²) in [6, 6.07) is 0.0668. The third kappa shape index (κ3) is 6.18. The average Bonchev–Trinajstić information content (AvgIpc) is 2.36. The fraction of sp³-hybridized carbons (Fsp3) is 0.818. The van der Waals surface area contributed by atoms with Crippen LogP contribution in [0.2, 0.25) is 0 Å². The highest BCUT2D eigenvalue weighted by atomic mass is 35.5. The van der Waals surface area contributed by atoms with E-state index in [-0.39, 0.29) is 36.2 Å². The normalized spacial score (nSPS) is 20.4. The van der Waals surface area contributed by atoms with Crippen molar-refractivity contribution in [1.82, 2.24) is 10.6 Å². The lowest BCUT2D eigenvalue weighted by Crippen LogP contribution is -2.44. The van der Waals surface area contributed by atoms with Crippen molar-refractivity contribution in [3.8, 4) is 0 Å². The molecule has 0 spiro atoms. The van der Waals surface area contributed by atoms with E-state index in [1.165, 1.54) is 7.11 Å². The molecule has 2 N–H and O–H groups in total. The minimum atomic E-state index is -0.320. The van der Waals surface area contributed by atoms with Gasteiger partial charge in [0, 0.05) is 25.6 Å². The molecule has 1 amide bonds. The molecule has 1 aliphatic heterocycles. The lowest BCUT2D eigenvalue weighted by Gasteiger charge is -2.23. The highest BCUT2D eigenvalue weighted by molar-refractivity contribution is 5.85. The van der Waals surface area contributed by atoms with E-state index in [2.05, 4.69) is 15.4 Å². The molecule has 0 aromatic carbocycles. The first-order valence-electron chi connectivity index (χ1n) is 5.79. The molecule has 2 unspecified atom stereocenters. The topological polar surface area (TPSA) is 76.7 Å². The molecule has 6 nitrogen and oxygen atoms in total. The number of esters is 1. The summed E-state index contributed by atoms with van der Waals surface area (Å²) in [4.78, 5) is 22.7. The van der Waals surface area contributed by atoms with Crippen molar-refractivity contribution in [3.63, 3.8) is 0 Å². The second-order valence-corrected chi connectivity index (χ2v) is 4.16. The van der Waals surface area contributed by atoms with Crippen LogP contribution in [0, 0.1) is 5.92 Å². The Morgan fingerprint density at radius 3 is 2.83 bits per heavy atom. The molecule has 0 aromatic rings. The van der Waals surface area contributed by atoms with Crippen LogP contribution in [0.1, 0.15) is 13.3 Å². The number of methoxy groups -OCH3 is 1. The molecule has 1 aliphatic rings. The number of amides is 1. The fourth-order valence-electron chi connectivity index (χ4n) is 1.60. The highest BCUT2D eigenvalue weighted by Gasteiger charge is 2.18. The number of ether oxygens (including phenoxy) is 2. The molecule has 0 aliphatic carbocycles. The van der Waals surface area contributed by atoms with Gasteiger partial charge in [-0.2, -0.15) is 0 Å². The smallest absolute Gasteiger partial charge is 0.310 e. The molecule has 0 bridgehead atoms. The Labute approximate surface area is 113 Å². The molecule has 2 atom stereocenters. The molecule has 0 radical (unpaired) electrons. The summed E-state index contributed by atoms with van der Waals surface area (Å²) in [7, 11) is 1.34. The standard InChI is InChI=1S/C11H20N2O4.ClH/c1-8(11(15)16-2)6-13-10(14)5-9-7-17-4-3-12-9;/h8-9,12H,3-7H2,1-2H3,(H,13,14);1H. The van der Waals surface area contributed by atoms with Gasteiger partial charge in [0.1, 0.15) is 0 Å². The number of carbonyl (C=O) groups excluding carboxylic acids is 2. The van der Waals surface area contributed by atoms with E-state index < -0.39 is 0 Å². The predicted molar refractivity (Wildman–Crippen MR) is 68.7 cm³/mol. The third-order valence-corrected chi connectivity index (χ3v) is 2.64. The monoisotopic (exact) mass is 280 g/mol. The summed E-state index contributed by atoms with van der Waals surface area (Å²) in [5, 5.41) is 5.90.